The summed E-state index contributed by atoms with van der Waals surface area (Å²) in [4.78, 5) is 33.0. The summed E-state index contributed by atoms with van der Waals surface area (Å²) in [5.74, 6) is -1.48. The van der Waals surface area contributed by atoms with Crippen LogP contribution in [0.5, 0.6) is 0 Å². The van der Waals surface area contributed by atoms with Crippen LogP contribution in [0.4, 0.5) is 0 Å². The molecule has 17 heavy (non-hydrogen) atoms. The fourth-order valence-electron chi connectivity index (χ4n) is 1.19. The molecule has 0 aromatic carbocycles. The third-order valence-corrected chi connectivity index (χ3v) is 2.00. The molecule has 3 N–H and O–H groups in total. The third kappa shape index (κ3) is 8.24. The van der Waals surface area contributed by atoms with Crippen molar-refractivity contribution in [2.45, 2.75) is 52.1 Å². The second-order valence-electron chi connectivity index (χ2n) is 4.20. The standard InChI is InChI=1S/C11H20N2O4/c1-7(2)12-11(17)8(3)13-9(14)5-4-6-10(15)16/h7-8H,4-6H2,1-3H3,(H,12,17)(H,13,14)(H,15,16). The first kappa shape index (κ1) is 15.4. The number of amides is 2. The molecule has 0 fully saturated rings. The summed E-state index contributed by atoms with van der Waals surface area (Å²) in [6, 6.07) is -0.580. The van der Waals surface area contributed by atoms with Crippen LogP contribution in [0.15, 0.2) is 0 Å². The van der Waals surface area contributed by atoms with Crippen LogP contribution in [0.3, 0.4) is 0 Å². The highest BCUT2D eigenvalue weighted by molar-refractivity contribution is 5.87. The molecule has 0 saturated carbocycles. The molecule has 0 spiro atoms. The van der Waals surface area contributed by atoms with Crippen LogP contribution >= 0.6 is 0 Å². The molecule has 0 aromatic heterocycles. The first-order chi connectivity index (χ1) is 7.82. The molecule has 0 bridgehead atoms. The van der Waals surface area contributed by atoms with Gasteiger partial charge in [-0.25, -0.2) is 0 Å². The summed E-state index contributed by atoms with van der Waals surface area (Å²) in [5, 5.41) is 13.6. The Kier molecular flexibility index (Phi) is 6.93. The summed E-state index contributed by atoms with van der Waals surface area (Å²) in [6.07, 6.45) is 0.352. The smallest absolute Gasteiger partial charge is 0.303 e. The summed E-state index contributed by atoms with van der Waals surface area (Å²) in [7, 11) is 0. The Morgan fingerprint density at radius 2 is 1.65 bits per heavy atom. The van der Waals surface area contributed by atoms with Crippen LogP contribution in [0.1, 0.15) is 40.0 Å². The Bertz CT molecular complexity index is 289. The number of rotatable bonds is 7. The number of carboxylic acids is 1. The van der Waals surface area contributed by atoms with Gasteiger partial charge in [-0.1, -0.05) is 0 Å². The number of hydrogen-bond acceptors (Lipinski definition) is 3. The van der Waals surface area contributed by atoms with Crippen molar-refractivity contribution in [3.05, 3.63) is 0 Å². The molecule has 0 aliphatic heterocycles. The van der Waals surface area contributed by atoms with Gasteiger partial charge in [-0.15, -0.1) is 0 Å². The molecule has 2 amide bonds. The monoisotopic (exact) mass is 244 g/mol. The van der Waals surface area contributed by atoms with Crippen molar-refractivity contribution in [1.29, 1.82) is 0 Å². The van der Waals surface area contributed by atoms with E-state index in [9.17, 15) is 14.4 Å². The zero-order valence-electron chi connectivity index (χ0n) is 10.4. The van der Waals surface area contributed by atoms with Crippen molar-refractivity contribution in [3.8, 4) is 0 Å². The highest BCUT2D eigenvalue weighted by atomic mass is 16.4. The average molecular weight is 244 g/mol. The van der Waals surface area contributed by atoms with Gasteiger partial charge in [0.2, 0.25) is 11.8 Å². The first-order valence-corrected chi connectivity index (χ1v) is 5.64. The Labute approximate surface area is 101 Å². The van der Waals surface area contributed by atoms with Gasteiger partial charge < -0.3 is 15.7 Å². The van der Waals surface area contributed by atoms with E-state index in [1.54, 1.807) is 6.92 Å². The quantitative estimate of drug-likeness (QED) is 0.599. The van der Waals surface area contributed by atoms with E-state index in [4.69, 9.17) is 5.11 Å². The third-order valence-electron chi connectivity index (χ3n) is 2.00. The van der Waals surface area contributed by atoms with E-state index in [2.05, 4.69) is 10.6 Å². The highest BCUT2D eigenvalue weighted by Gasteiger charge is 2.15. The zero-order valence-corrected chi connectivity index (χ0v) is 10.4. The fourth-order valence-corrected chi connectivity index (χ4v) is 1.19. The van der Waals surface area contributed by atoms with Crippen LogP contribution in [0.2, 0.25) is 0 Å². The number of carbonyl (C=O) groups excluding carboxylic acids is 2. The van der Waals surface area contributed by atoms with Crippen molar-refractivity contribution >= 4 is 17.8 Å². The van der Waals surface area contributed by atoms with Gasteiger partial charge in [0.05, 0.1) is 0 Å². The normalized spacial score (nSPS) is 12.0. The Hall–Kier alpha value is -1.59. The topological polar surface area (TPSA) is 95.5 Å². The maximum atomic E-state index is 11.5. The average Bonchev–Trinajstić information content (AvgIpc) is 2.15. The molecule has 0 saturated heterocycles. The van der Waals surface area contributed by atoms with Crippen LogP contribution in [0, 0.1) is 0 Å². The number of carboxylic acid groups (broad SMARTS) is 1. The molecule has 0 rings (SSSR count). The van der Waals surface area contributed by atoms with Crippen LogP contribution in [-0.4, -0.2) is 35.0 Å². The second kappa shape index (κ2) is 7.65. The van der Waals surface area contributed by atoms with Crippen LogP contribution in [-0.2, 0) is 14.4 Å². The molecule has 6 nitrogen and oxygen atoms in total. The second-order valence-corrected chi connectivity index (χ2v) is 4.20. The lowest BCUT2D eigenvalue weighted by molar-refractivity contribution is -0.137. The Morgan fingerprint density at radius 3 is 2.12 bits per heavy atom. The van der Waals surface area contributed by atoms with Gasteiger partial charge in [-0.2, -0.15) is 0 Å². The van der Waals surface area contributed by atoms with Gasteiger partial charge in [0.15, 0.2) is 0 Å². The molecule has 6 heteroatoms. The summed E-state index contributed by atoms with van der Waals surface area (Å²) in [5.41, 5.74) is 0. The molecule has 0 radical (unpaired) electrons. The van der Waals surface area contributed by atoms with E-state index in [0.29, 0.717) is 0 Å². The van der Waals surface area contributed by atoms with Crippen molar-refractivity contribution in [1.82, 2.24) is 10.6 Å². The van der Waals surface area contributed by atoms with Gasteiger partial charge in [-0.05, 0) is 27.2 Å². The zero-order chi connectivity index (χ0) is 13.4. The minimum Gasteiger partial charge on any atom is -0.481 e. The lowest BCUT2D eigenvalue weighted by Gasteiger charge is -2.15. The Balaban J connectivity index is 3.87. The summed E-state index contributed by atoms with van der Waals surface area (Å²) >= 11 is 0. The predicted molar refractivity (Wildman–Crippen MR) is 62.4 cm³/mol. The van der Waals surface area contributed by atoms with Gasteiger partial charge in [0.1, 0.15) is 6.04 Å². The highest BCUT2D eigenvalue weighted by Crippen LogP contribution is 1.96. The van der Waals surface area contributed by atoms with E-state index in [0.717, 1.165) is 0 Å². The number of nitrogens with one attached hydrogen (secondary N) is 2. The van der Waals surface area contributed by atoms with Crippen LogP contribution < -0.4 is 10.6 Å². The van der Waals surface area contributed by atoms with Gasteiger partial charge in [0, 0.05) is 18.9 Å². The van der Waals surface area contributed by atoms with Crippen molar-refractivity contribution in [3.63, 3.8) is 0 Å². The van der Waals surface area contributed by atoms with E-state index in [1.807, 2.05) is 13.8 Å². The molecule has 0 aliphatic carbocycles. The van der Waals surface area contributed by atoms with Crippen LogP contribution in [0.25, 0.3) is 0 Å². The minimum absolute atomic E-state index is 0.0221. The molecular weight excluding hydrogens is 224 g/mol. The molecular formula is C11H20N2O4. The van der Waals surface area contributed by atoms with Crippen molar-refractivity contribution in [2.75, 3.05) is 0 Å². The fraction of sp³-hybridized carbons (Fsp3) is 0.727. The molecule has 0 aliphatic rings. The van der Waals surface area contributed by atoms with Gasteiger partial charge in [-0.3, -0.25) is 14.4 Å². The summed E-state index contributed by atoms with van der Waals surface area (Å²) in [6.45, 7) is 5.26. The lowest BCUT2D eigenvalue weighted by Crippen LogP contribution is -2.46. The molecule has 1 atom stereocenters. The Morgan fingerprint density at radius 1 is 1.06 bits per heavy atom. The minimum atomic E-state index is -0.927. The molecule has 0 aromatic rings. The molecule has 1 unspecified atom stereocenters. The van der Waals surface area contributed by atoms with Gasteiger partial charge in [0.25, 0.3) is 0 Å². The first-order valence-electron chi connectivity index (χ1n) is 5.64. The number of carbonyl (C=O) groups is 3. The van der Waals surface area contributed by atoms with E-state index >= 15 is 0 Å². The SMILES string of the molecule is CC(C)NC(=O)C(C)NC(=O)CCCC(=O)O. The van der Waals surface area contributed by atoms with Crippen molar-refractivity contribution in [2.24, 2.45) is 0 Å². The molecule has 98 valence electrons. The predicted octanol–water partition coefficient (Wildman–Crippen LogP) is 0.271. The van der Waals surface area contributed by atoms with E-state index in [1.165, 1.54) is 0 Å². The molecule has 0 heterocycles. The largest absolute Gasteiger partial charge is 0.481 e. The lowest BCUT2D eigenvalue weighted by atomic mass is 10.2. The number of hydrogen-bond donors (Lipinski definition) is 3. The van der Waals surface area contributed by atoms with Gasteiger partial charge >= 0.3 is 5.97 Å². The van der Waals surface area contributed by atoms with E-state index < -0.39 is 12.0 Å². The number of aliphatic carboxylic acids is 1. The summed E-state index contributed by atoms with van der Waals surface area (Å²) < 4.78 is 0. The van der Waals surface area contributed by atoms with Crippen molar-refractivity contribution < 1.29 is 19.5 Å². The maximum absolute atomic E-state index is 11.5. The van der Waals surface area contributed by atoms with E-state index in [-0.39, 0.29) is 37.1 Å². The maximum Gasteiger partial charge on any atom is 0.303 e.